The maximum atomic E-state index is 12.5. The zero-order valence-electron chi connectivity index (χ0n) is 17.6. The zero-order chi connectivity index (χ0) is 21.8. The highest BCUT2D eigenvalue weighted by molar-refractivity contribution is 5.95. The number of aliphatic hydroxyl groups excluding tert-OH is 1. The Bertz CT molecular complexity index is 1220. The highest BCUT2D eigenvalue weighted by Crippen LogP contribution is 2.28. The minimum atomic E-state index is -0.644. The highest BCUT2D eigenvalue weighted by Gasteiger charge is 2.11. The second kappa shape index (κ2) is 8.98. The molecule has 1 heterocycles. The van der Waals surface area contributed by atoms with Crippen molar-refractivity contribution in [3.05, 3.63) is 95.7 Å². The molecule has 3 N–H and O–H groups in total. The number of hydrogen-bond donors (Lipinski definition) is 3. The van der Waals surface area contributed by atoms with Gasteiger partial charge in [-0.2, -0.15) is 0 Å². The van der Waals surface area contributed by atoms with Crippen LogP contribution < -0.4 is 10.6 Å². The molecular weight excluding hydrogens is 386 g/mol. The number of amides is 1. The predicted molar refractivity (Wildman–Crippen MR) is 126 cm³/mol. The van der Waals surface area contributed by atoms with E-state index in [-0.39, 0.29) is 12.3 Å². The Morgan fingerprint density at radius 1 is 1.00 bits per heavy atom. The van der Waals surface area contributed by atoms with Gasteiger partial charge < -0.3 is 15.7 Å². The maximum absolute atomic E-state index is 12.5. The summed E-state index contributed by atoms with van der Waals surface area (Å²) in [7, 11) is 0. The third-order valence-electron chi connectivity index (χ3n) is 5.24. The fraction of sp³-hybridized carbons (Fsp3) is 0.154. The van der Waals surface area contributed by atoms with E-state index >= 15 is 0 Å². The Morgan fingerprint density at radius 2 is 1.71 bits per heavy atom. The molecule has 0 spiro atoms. The average molecular weight is 412 g/mol. The number of pyridine rings is 1. The Labute approximate surface area is 181 Å². The molecule has 0 saturated heterocycles. The minimum Gasteiger partial charge on any atom is -0.389 e. The summed E-state index contributed by atoms with van der Waals surface area (Å²) < 4.78 is 0. The van der Waals surface area contributed by atoms with Gasteiger partial charge in [-0.15, -0.1) is 0 Å². The van der Waals surface area contributed by atoms with Crippen molar-refractivity contribution in [3.63, 3.8) is 0 Å². The topological polar surface area (TPSA) is 74.2 Å². The van der Waals surface area contributed by atoms with Crippen molar-refractivity contribution >= 4 is 33.9 Å². The summed E-state index contributed by atoms with van der Waals surface area (Å²) in [5, 5.41) is 17.3. The predicted octanol–water partition coefficient (Wildman–Crippen LogP) is 5.52. The molecule has 1 atom stereocenters. The lowest BCUT2D eigenvalue weighted by Crippen LogP contribution is -2.16. The number of fused-ring (bicyclic) bond motifs is 1. The molecule has 0 saturated carbocycles. The molecule has 4 rings (SSSR count). The van der Waals surface area contributed by atoms with E-state index in [0.29, 0.717) is 11.3 Å². The van der Waals surface area contributed by atoms with Crippen LogP contribution in [-0.2, 0) is 11.2 Å². The number of nitrogens with one attached hydrogen (secondary N) is 2. The molecule has 5 heteroatoms. The van der Waals surface area contributed by atoms with Gasteiger partial charge in [0.05, 0.1) is 23.7 Å². The molecule has 1 amide bonds. The molecule has 1 unspecified atom stereocenters. The Morgan fingerprint density at radius 3 is 2.48 bits per heavy atom. The van der Waals surface area contributed by atoms with E-state index in [2.05, 4.69) is 21.7 Å². The molecule has 0 radical (unpaired) electrons. The van der Waals surface area contributed by atoms with Crippen molar-refractivity contribution in [1.82, 2.24) is 4.98 Å². The van der Waals surface area contributed by atoms with E-state index < -0.39 is 6.10 Å². The van der Waals surface area contributed by atoms with Crippen LogP contribution >= 0.6 is 0 Å². The number of aromatic nitrogens is 1. The van der Waals surface area contributed by atoms with Gasteiger partial charge in [-0.3, -0.25) is 9.78 Å². The van der Waals surface area contributed by atoms with Gasteiger partial charge in [0.1, 0.15) is 0 Å². The van der Waals surface area contributed by atoms with Gasteiger partial charge in [0.25, 0.3) is 0 Å². The number of aliphatic hydroxyl groups is 1. The first kappa shape index (κ1) is 20.6. The van der Waals surface area contributed by atoms with E-state index in [4.69, 9.17) is 0 Å². The fourth-order valence-electron chi connectivity index (χ4n) is 3.61. The first-order valence-electron chi connectivity index (χ1n) is 10.3. The van der Waals surface area contributed by atoms with E-state index in [0.717, 1.165) is 33.4 Å². The summed E-state index contributed by atoms with van der Waals surface area (Å²) >= 11 is 0. The normalized spacial score (nSPS) is 11.8. The molecule has 1 aromatic heterocycles. The third kappa shape index (κ3) is 4.73. The largest absolute Gasteiger partial charge is 0.389 e. The Hall–Kier alpha value is -3.70. The zero-order valence-corrected chi connectivity index (χ0v) is 17.6. The van der Waals surface area contributed by atoms with Crippen LogP contribution in [0.2, 0.25) is 0 Å². The van der Waals surface area contributed by atoms with Crippen LogP contribution in [0.3, 0.4) is 0 Å². The van der Waals surface area contributed by atoms with Gasteiger partial charge in [0.15, 0.2) is 0 Å². The smallest absolute Gasteiger partial charge is 0.228 e. The standard InChI is InChI=1S/C26H25N3O2/c1-17-16-27-23-9-5-4-8-22(23)26(17)28-20-13-11-19(12-14-20)15-25(31)29-24-10-6-3-7-21(24)18(2)30/h3-14,16,18,30H,15H2,1-2H3,(H,27,28)(H,29,31). The molecule has 5 nitrogen and oxygen atoms in total. The van der Waals surface area contributed by atoms with Crippen molar-refractivity contribution in [3.8, 4) is 0 Å². The summed E-state index contributed by atoms with van der Waals surface area (Å²) in [6, 6.07) is 23.2. The molecule has 0 bridgehead atoms. The van der Waals surface area contributed by atoms with Gasteiger partial charge in [0, 0.05) is 28.5 Å². The molecule has 31 heavy (non-hydrogen) atoms. The van der Waals surface area contributed by atoms with E-state index in [1.165, 1.54) is 0 Å². The lowest BCUT2D eigenvalue weighted by Gasteiger charge is -2.14. The number of carbonyl (C=O) groups excluding carboxylic acids is 1. The number of benzene rings is 3. The van der Waals surface area contributed by atoms with Crippen molar-refractivity contribution in [2.45, 2.75) is 26.4 Å². The summed E-state index contributed by atoms with van der Waals surface area (Å²) in [4.78, 5) is 17.0. The van der Waals surface area contributed by atoms with Crippen LogP contribution in [0.4, 0.5) is 17.1 Å². The second-order valence-corrected chi connectivity index (χ2v) is 7.64. The van der Waals surface area contributed by atoms with Crippen LogP contribution in [0, 0.1) is 6.92 Å². The number of aryl methyl sites for hydroxylation is 1. The summed E-state index contributed by atoms with van der Waals surface area (Å²) in [5.74, 6) is -0.121. The first-order valence-corrected chi connectivity index (χ1v) is 10.3. The van der Waals surface area contributed by atoms with Crippen molar-refractivity contribution in [2.75, 3.05) is 10.6 Å². The molecule has 0 aliphatic carbocycles. The van der Waals surface area contributed by atoms with Crippen molar-refractivity contribution in [2.24, 2.45) is 0 Å². The van der Waals surface area contributed by atoms with Crippen LogP contribution in [0.5, 0.6) is 0 Å². The van der Waals surface area contributed by atoms with E-state index in [1.807, 2.05) is 73.8 Å². The molecule has 156 valence electrons. The van der Waals surface area contributed by atoms with Crippen molar-refractivity contribution < 1.29 is 9.90 Å². The third-order valence-corrected chi connectivity index (χ3v) is 5.24. The van der Waals surface area contributed by atoms with Gasteiger partial charge in [-0.1, -0.05) is 48.5 Å². The number of nitrogens with zero attached hydrogens (tertiary/aromatic N) is 1. The van der Waals surface area contributed by atoms with Crippen LogP contribution in [0.25, 0.3) is 10.9 Å². The average Bonchev–Trinajstić information content (AvgIpc) is 2.77. The first-order chi connectivity index (χ1) is 15.0. The molecule has 3 aromatic carbocycles. The van der Waals surface area contributed by atoms with Crippen LogP contribution in [-0.4, -0.2) is 16.0 Å². The van der Waals surface area contributed by atoms with Crippen LogP contribution in [0.15, 0.2) is 79.0 Å². The molecule has 0 aliphatic rings. The number of anilines is 3. The summed E-state index contributed by atoms with van der Waals surface area (Å²) in [6.45, 7) is 3.72. The van der Waals surface area contributed by atoms with E-state index in [9.17, 15) is 9.90 Å². The number of rotatable bonds is 6. The SMILES string of the molecule is Cc1cnc2ccccc2c1Nc1ccc(CC(=O)Nc2ccccc2C(C)O)cc1. The number of carbonyl (C=O) groups is 1. The van der Waals surface area contributed by atoms with Gasteiger partial charge in [-0.05, 0) is 49.2 Å². The molecule has 4 aromatic rings. The van der Waals surface area contributed by atoms with Crippen molar-refractivity contribution in [1.29, 1.82) is 0 Å². The lowest BCUT2D eigenvalue weighted by atomic mass is 10.1. The van der Waals surface area contributed by atoms with Crippen LogP contribution in [0.1, 0.15) is 29.7 Å². The monoisotopic (exact) mass is 411 g/mol. The Kier molecular flexibility index (Phi) is 5.96. The maximum Gasteiger partial charge on any atom is 0.228 e. The number of hydrogen-bond acceptors (Lipinski definition) is 4. The minimum absolute atomic E-state index is 0.121. The summed E-state index contributed by atoms with van der Waals surface area (Å²) in [6.07, 6.45) is 1.48. The van der Waals surface area contributed by atoms with Gasteiger partial charge >= 0.3 is 0 Å². The fourth-order valence-corrected chi connectivity index (χ4v) is 3.61. The van der Waals surface area contributed by atoms with Gasteiger partial charge in [0.2, 0.25) is 5.91 Å². The van der Waals surface area contributed by atoms with Gasteiger partial charge in [-0.25, -0.2) is 0 Å². The molecular formula is C26H25N3O2. The quantitative estimate of drug-likeness (QED) is 0.390. The highest BCUT2D eigenvalue weighted by atomic mass is 16.3. The number of para-hydroxylation sites is 2. The Balaban J connectivity index is 1.46. The molecule has 0 aliphatic heterocycles. The molecule has 0 fully saturated rings. The summed E-state index contributed by atoms with van der Waals surface area (Å²) in [5.41, 5.74) is 6.25. The lowest BCUT2D eigenvalue weighted by molar-refractivity contribution is -0.115. The second-order valence-electron chi connectivity index (χ2n) is 7.64. The van der Waals surface area contributed by atoms with E-state index in [1.54, 1.807) is 13.0 Å².